The first-order chi connectivity index (χ1) is 11.1. The number of nitrogens with zero attached hydrogens (tertiary/aromatic N) is 3. The van der Waals surface area contributed by atoms with Crippen molar-refractivity contribution < 1.29 is 19.0 Å². The van der Waals surface area contributed by atoms with E-state index in [1.165, 1.54) is 36.2 Å². The molecule has 0 aliphatic carbocycles. The number of ether oxygens (including phenoxy) is 1. The summed E-state index contributed by atoms with van der Waals surface area (Å²) in [6.45, 7) is 0. The Morgan fingerprint density at radius 1 is 1.26 bits per heavy atom. The number of methoxy groups -OCH3 is 1. The number of aromatic nitrogens is 3. The Morgan fingerprint density at radius 3 is 2.70 bits per heavy atom. The zero-order valence-corrected chi connectivity index (χ0v) is 12.1. The molecule has 3 rings (SSSR count). The first-order valence-corrected chi connectivity index (χ1v) is 6.68. The lowest BCUT2D eigenvalue weighted by molar-refractivity contribution is 0.0690. The van der Waals surface area contributed by atoms with Crippen molar-refractivity contribution in [3.8, 4) is 22.8 Å². The fourth-order valence-corrected chi connectivity index (χ4v) is 2.15. The highest BCUT2D eigenvalue weighted by Crippen LogP contribution is 2.25. The fraction of sp³-hybridized carbons (Fsp3) is 0.0625. The molecule has 1 N–H and O–H groups in total. The largest absolute Gasteiger partial charge is 0.481 e. The third-order valence-electron chi connectivity index (χ3n) is 3.22. The van der Waals surface area contributed by atoms with Gasteiger partial charge in [0.25, 0.3) is 0 Å². The van der Waals surface area contributed by atoms with Gasteiger partial charge in [0.15, 0.2) is 5.69 Å². The van der Waals surface area contributed by atoms with Gasteiger partial charge >= 0.3 is 5.97 Å². The Balaban J connectivity index is 2.16. The summed E-state index contributed by atoms with van der Waals surface area (Å²) in [4.78, 5) is 15.3. The van der Waals surface area contributed by atoms with Crippen LogP contribution in [0.3, 0.4) is 0 Å². The molecule has 0 radical (unpaired) electrons. The molecule has 0 spiro atoms. The van der Waals surface area contributed by atoms with Crippen LogP contribution in [0.25, 0.3) is 16.9 Å². The fourth-order valence-electron chi connectivity index (χ4n) is 2.15. The molecule has 7 heteroatoms. The molecule has 0 aliphatic heterocycles. The maximum atomic E-state index is 13.5. The van der Waals surface area contributed by atoms with Crippen molar-refractivity contribution in [3.05, 3.63) is 60.2 Å². The van der Waals surface area contributed by atoms with Crippen molar-refractivity contribution >= 4 is 5.97 Å². The first kappa shape index (κ1) is 14.7. The number of halogens is 1. The Kier molecular flexibility index (Phi) is 3.76. The molecule has 116 valence electrons. The lowest BCUT2D eigenvalue weighted by Gasteiger charge is -2.08. The molecular weight excluding hydrogens is 301 g/mol. The van der Waals surface area contributed by atoms with Gasteiger partial charge in [-0.15, -0.1) is 0 Å². The zero-order valence-electron chi connectivity index (χ0n) is 12.1. The molecule has 6 nitrogen and oxygen atoms in total. The van der Waals surface area contributed by atoms with Crippen molar-refractivity contribution in [3.63, 3.8) is 0 Å². The van der Waals surface area contributed by atoms with Crippen LogP contribution in [-0.2, 0) is 0 Å². The Hall–Kier alpha value is -3.22. The minimum absolute atomic E-state index is 0.139. The van der Waals surface area contributed by atoms with Crippen LogP contribution >= 0.6 is 0 Å². The maximum absolute atomic E-state index is 13.5. The summed E-state index contributed by atoms with van der Waals surface area (Å²) in [6.07, 6.45) is 1.50. The second-order valence-electron chi connectivity index (χ2n) is 4.70. The topological polar surface area (TPSA) is 77.2 Å². The van der Waals surface area contributed by atoms with Gasteiger partial charge in [0.05, 0.1) is 24.7 Å². The van der Waals surface area contributed by atoms with E-state index in [1.54, 1.807) is 24.3 Å². The standard InChI is InChI=1S/C16H12FN3O3/c1-23-15-6-5-12(9-18-15)20-14(8-13(19-20)16(21)22)10-3-2-4-11(17)7-10/h2-9H,1H3,(H,21,22). The molecular formula is C16H12FN3O3. The van der Waals surface area contributed by atoms with Gasteiger partial charge in [-0.25, -0.2) is 18.9 Å². The summed E-state index contributed by atoms with van der Waals surface area (Å²) in [5.74, 6) is -1.16. The number of carboxylic acids is 1. The van der Waals surface area contributed by atoms with E-state index in [0.717, 1.165) is 0 Å². The van der Waals surface area contributed by atoms with Gasteiger partial charge < -0.3 is 9.84 Å². The van der Waals surface area contributed by atoms with E-state index in [-0.39, 0.29) is 5.69 Å². The predicted octanol–water partition coefficient (Wildman–Crippen LogP) is 2.78. The van der Waals surface area contributed by atoms with Gasteiger partial charge in [-0.05, 0) is 24.3 Å². The minimum Gasteiger partial charge on any atom is -0.481 e. The van der Waals surface area contributed by atoms with E-state index in [9.17, 15) is 9.18 Å². The zero-order chi connectivity index (χ0) is 16.4. The van der Waals surface area contributed by atoms with Crippen LogP contribution in [-0.4, -0.2) is 33.0 Å². The highest BCUT2D eigenvalue weighted by molar-refractivity contribution is 5.87. The minimum atomic E-state index is -1.16. The summed E-state index contributed by atoms with van der Waals surface area (Å²) in [7, 11) is 1.50. The molecule has 1 aromatic carbocycles. The van der Waals surface area contributed by atoms with E-state index in [4.69, 9.17) is 9.84 Å². The van der Waals surface area contributed by atoms with E-state index in [2.05, 4.69) is 10.1 Å². The third-order valence-corrected chi connectivity index (χ3v) is 3.22. The number of benzene rings is 1. The van der Waals surface area contributed by atoms with Crippen LogP contribution in [0.4, 0.5) is 4.39 Å². The average molecular weight is 313 g/mol. The summed E-state index contributed by atoms with van der Waals surface area (Å²) < 4.78 is 19.9. The van der Waals surface area contributed by atoms with Crippen molar-refractivity contribution in [1.82, 2.24) is 14.8 Å². The number of carboxylic acid groups (broad SMARTS) is 1. The van der Waals surface area contributed by atoms with Gasteiger partial charge in [-0.3, -0.25) is 0 Å². The molecule has 0 saturated carbocycles. The van der Waals surface area contributed by atoms with Crippen molar-refractivity contribution in [2.45, 2.75) is 0 Å². The normalized spacial score (nSPS) is 10.5. The Labute approximate surface area is 130 Å². The molecule has 23 heavy (non-hydrogen) atoms. The molecule has 0 bridgehead atoms. The van der Waals surface area contributed by atoms with E-state index < -0.39 is 11.8 Å². The number of carbonyl (C=O) groups is 1. The lowest BCUT2D eigenvalue weighted by atomic mass is 10.1. The molecule has 2 heterocycles. The molecule has 0 amide bonds. The van der Waals surface area contributed by atoms with E-state index in [1.807, 2.05) is 0 Å². The van der Waals surface area contributed by atoms with Gasteiger partial charge in [0.1, 0.15) is 5.82 Å². The second-order valence-corrected chi connectivity index (χ2v) is 4.70. The van der Waals surface area contributed by atoms with Crippen LogP contribution in [0.15, 0.2) is 48.7 Å². The highest BCUT2D eigenvalue weighted by Gasteiger charge is 2.16. The summed E-state index contributed by atoms with van der Waals surface area (Å²) in [5.41, 5.74) is 1.37. The molecule has 0 unspecified atom stereocenters. The van der Waals surface area contributed by atoms with E-state index in [0.29, 0.717) is 22.8 Å². The maximum Gasteiger partial charge on any atom is 0.356 e. The van der Waals surface area contributed by atoms with Crippen LogP contribution in [0.5, 0.6) is 5.88 Å². The van der Waals surface area contributed by atoms with Gasteiger partial charge in [-0.1, -0.05) is 12.1 Å². The van der Waals surface area contributed by atoms with Gasteiger partial charge in [0.2, 0.25) is 5.88 Å². The second kappa shape index (κ2) is 5.88. The predicted molar refractivity (Wildman–Crippen MR) is 80.3 cm³/mol. The number of rotatable bonds is 4. The lowest BCUT2D eigenvalue weighted by Crippen LogP contribution is -2.03. The monoisotopic (exact) mass is 313 g/mol. The smallest absolute Gasteiger partial charge is 0.356 e. The van der Waals surface area contributed by atoms with Crippen molar-refractivity contribution in [1.29, 1.82) is 0 Å². The molecule has 2 aromatic heterocycles. The molecule has 0 fully saturated rings. The Bertz CT molecular complexity index is 859. The summed E-state index contributed by atoms with van der Waals surface area (Å²) in [5, 5.41) is 13.2. The summed E-state index contributed by atoms with van der Waals surface area (Å²) in [6, 6.07) is 10.6. The SMILES string of the molecule is COc1ccc(-n2nc(C(=O)O)cc2-c2cccc(F)c2)cn1. The Morgan fingerprint density at radius 2 is 2.09 bits per heavy atom. The quantitative estimate of drug-likeness (QED) is 0.801. The average Bonchev–Trinajstić information content (AvgIpc) is 3.00. The third kappa shape index (κ3) is 2.89. The van der Waals surface area contributed by atoms with E-state index >= 15 is 0 Å². The molecule has 0 aliphatic rings. The molecule has 0 saturated heterocycles. The number of hydrogen-bond acceptors (Lipinski definition) is 4. The molecule has 0 atom stereocenters. The van der Waals surface area contributed by atoms with Crippen molar-refractivity contribution in [2.75, 3.05) is 7.11 Å². The summed E-state index contributed by atoms with van der Waals surface area (Å²) >= 11 is 0. The van der Waals surface area contributed by atoms with Crippen LogP contribution < -0.4 is 4.74 Å². The van der Waals surface area contributed by atoms with Crippen LogP contribution in [0.2, 0.25) is 0 Å². The van der Waals surface area contributed by atoms with Crippen LogP contribution in [0, 0.1) is 5.82 Å². The van der Waals surface area contributed by atoms with Crippen LogP contribution in [0.1, 0.15) is 10.5 Å². The van der Waals surface area contributed by atoms with Crippen molar-refractivity contribution in [2.24, 2.45) is 0 Å². The number of hydrogen-bond donors (Lipinski definition) is 1. The van der Waals surface area contributed by atoms with Gasteiger partial charge in [0, 0.05) is 11.6 Å². The first-order valence-electron chi connectivity index (χ1n) is 6.68. The number of aromatic carboxylic acids is 1. The highest BCUT2D eigenvalue weighted by atomic mass is 19.1. The van der Waals surface area contributed by atoms with Gasteiger partial charge in [-0.2, -0.15) is 5.10 Å². The number of pyridine rings is 1. The molecule has 3 aromatic rings.